The molecule has 0 saturated heterocycles. The molecule has 100 valence electrons. The number of aromatic nitrogens is 2. The summed E-state index contributed by atoms with van der Waals surface area (Å²) < 4.78 is 5.14. The van der Waals surface area contributed by atoms with E-state index in [0.717, 1.165) is 24.4 Å². The van der Waals surface area contributed by atoms with Crippen LogP contribution in [0.5, 0.6) is 0 Å². The van der Waals surface area contributed by atoms with E-state index in [1.54, 1.807) is 25.7 Å². The Labute approximate surface area is 113 Å². The van der Waals surface area contributed by atoms with E-state index in [1.807, 2.05) is 12.1 Å². The van der Waals surface area contributed by atoms with Gasteiger partial charge in [0.05, 0.1) is 24.5 Å². The number of anilines is 1. The normalized spacial score (nSPS) is 12.1. The number of ether oxygens (including phenoxy) is 1. The second-order valence-electron chi connectivity index (χ2n) is 4.40. The molecular formula is C15H19N3O. The Morgan fingerprint density at radius 1 is 1.26 bits per heavy atom. The van der Waals surface area contributed by atoms with Crippen LogP contribution in [-0.2, 0) is 11.2 Å². The molecule has 0 saturated carbocycles. The van der Waals surface area contributed by atoms with Crippen molar-refractivity contribution in [3.63, 3.8) is 0 Å². The van der Waals surface area contributed by atoms with Crippen LogP contribution in [0.4, 0.5) is 5.69 Å². The predicted octanol–water partition coefficient (Wildman–Crippen LogP) is 2.84. The van der Waals surface area contributed by atoms with Gasteiger partial charge in [-0.1, -0.05) is 18.2 Å². The van der Waals surface area contributed by atoms with Crippen LogP contribution in [0, 0.1) is 0 Å². The fourth-order valence-corrected chi connectivity index (χ4v) is 1.93. The summed E-state index contributed by atoms with van der Waals surface area (Å²) in [7, 11) is 1.72. The first-order chi connectivity index (χ1) is 9.31. The maximum absolute atomic E-state index is 5.14. The number of nitrogens with zero attached hydrogens (tertiary/aromatic N) is 2. The molecule has 1 N–H and O–H groups in total. The molecule has 0 amide bonds. The minimum Gasteiger partial charge on any atom is -0.384 e. The zero-order valence-corrected chi connectivity index (χ0v) is 11.3. The Morgan fingerprint density at radius 2 is 2.11 bits per heavy atom. The Balaban J connectivity index is 2.10. The minimum atomic E-state index is 0.123. The summed E-state index contributed by atoms with van der Waals surface area (Å²) in [6, 6.07) is 8.39. The summed E-state index contributed by atoms with van der Waals surface area (Å²) in [4.78, 5) is 8.41. The number of methoxy groups -OCH3 is 1. The van der Waals surface area contributed by atoms with Gasteiger partial charge < -0.3 is 10.1 Å². The van der Waals surface area contributed by atoms with Gasteiger partial charge >= 0.3 is 0 Å². The van der Waals surface area contributed by atoms with Crippen LogP contribution in [-0.4, -0.2) is 23.7 Å². The zero-order valence-electron chi connectivity index (χ0n) is 11.3. The van der Waals surface area contributed by atoms with Crippen molar-refractivity contribution < 1.29 is 4.74 Å². The van der Waals surface area contributed by atoms with Crippen molar-refractivity contribution >= 4 is 5.69 Å². The van der Waals surface area contributed by atoms with Crippen LogP contribution in [0.25, 0.3) is 0 Å². The third-order valence-corrected chi connectivity index (χ3v) is 2.99. The maximum atomic E-state index is 5.14. The van der Waals surface area contributed by atoms with Gasteiger partial charge in [0.25, 0.3) is 0 Å². The molecule has 1 aromatic heterocycles. The first-order valence-electron chi connectivity index (χ1n) is 6.40. The SMILES string of the molecule is COCCc1ccccc1NC(C)c1cnccn1. The standard InChI is InChI=1S/C15H19N3O/c1-12(15-11-16-8-9-17-15)18-14-6-4-3-5-13(14)7-10-19-2/h3-6,8-9,11-12,18H,7,10H2,1-2H3. The molecule has 1 unspecified atom stereocenters. The molecule has 1 aromatic carbocycles. The highest BCUT2D eigenvalue weighted by Gasteiger charge is 2.09. The minimum absolute atomic E-state index is 0.123. The molecule has 2 aromatic rings. The molecule has 0 bridgehead atoms. The molecule has 0 aliphatic carbocycles. The van der Waals surface area contributed by atoms with Crippen molar-refractivity contribution in [2.24, 2.45) is 0 Å². The lowest BCUT2D eigenvalue weighted by Gasteiger charge is -2.17. The van der Waals surface area contributed by atoms with Crippen molar-refractivity contribution in [3.8, 4) is 0 Å². The van der Waals surface area contributed by atoms with Gasteiger partial charge in [0.1, 0.15) is 0 Å². The molecular weight excluding hydrogens is 238 g/mol. The van der Waals surface area contributed by atoms with Gasteiger partial charge in [-0.3, -0.25) is 9.97 Å². The highest BCUT2D eigenvalue weighted by atomic mass is 16.5. The lowest BCUT2D eigenvalue weighted by Crippen LogP contribution is -2.10. The average molecular weight is 257 g/mol. The third-order valence-electron chi connectivity index (χ3n) is 2.99. The number of para-hydroxylation sites is 1. The summed E-state index contributed by atoms with van der Waals surface area (Å²) in [6.07, 6.45) is 6.08. The van der Waals surface area contributed by atoms with E-state index in [4.69, 9.17) is 4.74 Å². The Morgan fingerprint density at radius 3 is 2.84 bits per heavy atom. The van der Waals surface area contributed by atoms with Gasteiger partial charge in [-0.15, -0.1) is 0 Å². The van der Waals surface area contributed by atoms with E-state index >= 15 is 0 Å². The molecule has 1 heterocycles. The predicted molar refractivity (Wildman–Crippen MR) is 76.1 cm³/mol. The molecule has 0 fully saturated rings. The fourth-order valence-electron chi connectivity index (χ4n) is 1.93. The number of hydrogen-bond acceptors (Lipinski definition) is 4. The van der Waals surface area contributed by atoms with E-state index in [9.17, 15) is 0 Å². The maximum Gasteiger partial charge on any atom is 0.0806 e. The van der Waals surface area contributed by atoms with Crippen molar-refractivity contribution in [1.29, 1.82) is 0 Å². The van der Waals surface area contributed by atoms with Gasteiger partial charge in [-0.2, -0.15) is 0 Å². The van der Waals surface area contributed by atoms with Gasteiger partial charge in [0.15, 0.2) is 0 Å². The summed E-state index contributed by atoms with van der Waals surface area (Å²) in [5, 5.41) is 3.48. The smallest absolute Gasteiger partial charge is 0.0806 e. The van der Waals surface area contributed by atoms with Crippen LogP contribution in [0.15, 0.2) is 42.9 Å². The molecule has 4 heteroatoms. The summed E-state index contributed by atoms with van der Waals surface area (Å²) in [6.45, 7) is 2.80. The molecule has 19 heavy (non-hydrogen) atoms. The quantitative estimate of drug-likeness (QED) is 0.864. The van der Waals surface area contributed by atoms with Gasteiger partial charge in [0, 0.05) is 25.2 Å². The molecule has 1 atom stereocenters. The topological polar surface area (TPSA) is 47.0 Å². The van der Waals surface area contributed by atoms with Crippen LogP contribution in [0.2, 0.25) is 0 Å². The number of rotatable bonds is 6. The van der Waals surface area contributed by atoms with Gasteiger partial charge in [-0.25, -0.2) is 0 Å². The summed E-state index contributed by atoms with van der Waals surface area (Å²) in [5.74, 6) is 0. The molecule has 0 aliphatic heterocycles. The monoisotopic (exact) mass is 257 g/mol. The van der Waals surface area contributed by atoms with Crippen LogP contribution in [0.3, 0.4) is 0 Å². The highest BCUT2D eigenvalue weighted by molar-refractivity contribution is 5.52. The van der Waals surface area contributed by atoms with E-state index in [0.29, 0.717) is 0 Å². The van der Waals surface area contributed by atoms with Gasteiger partial charge in [0.2, 0.25) is 0 Å². The van der Waals surface area contributed by atoms with Crippen molar-refractivity contribution in [2.75, 3.05) is 19.0 Å². The summed E-state index contributed by atoms with van der Waals surface area (Å²) in [5.41, 5.74) is 3.31. The van der Waals surface area contributed by atoms with E-state index in [1.165, 1.54) is 5.56 Å². The highest BCUT2D eigenvalue weighted by Crippen LogP contribution is 2.21. The van der Waals surface area contributed by atoms with Crippen molar-refractivity contribution in [1.82, 2.24) is 9.97 Å². The van der Waals surface area contributed by atoms with Gasteiger partial charge in [-0.05, 0) is 25.0 Å². The Hall–Kier alpha value is -1.94. The number of hydrogen-bond donors (Lipinski definition) is 1. The van der Waals surface area contributed by atoms with Crippen LogP contribution >= 0.6 is 0 Å². The van der Waals surface area contributed by atoms with Crippen LogP contribution < -0.4 is 5.32 Å². The lowest BCUT2D eigenvalue weighted by atomic mass is 10.1. The molecule has 0 radical (unpaired) electrons. The first-order valence-corrected chi connectivity index (χ1v) is 6.40. The second kappa shape index (κ2) is 6.85. The average Bonchev–Trinajstić information content (AvgIpc) is 2.47. The first kappa shape index (κ1) is 13.5. The van der Waals surface area contributed by atoms with Crippen molar-refractivity contribution in [2.45, 2.75) is 19.4 Å². The number of benzene rings is 1. The van der Waals surface area contributed by atoms with E-state index in [2.05, 4.69) is 34.3 Å². The zero-order chi connectivity index (χ0) is 13.5. The molecule has 0 spiro atoms. The molecule has 0 aliphatic rings. The molecule has 2 rings (SSSR count). The number of nitrogens with one attached hydrogen (secondary N) is 1. The Kier molecular flexibility index (Phi) is 4.86. The summed E-state index contributed by atoms with van der Waals surface area (Å²) >= 11 is 0. The fraction of sp³-hybridized carbons (Fsp3) is 0.333. The van der Waals surface area contributed by atoms with Crippen LogP contribution in [0.1, 0.15) is 24.2 Å². The Bertz CT molecular complexity index is 502. The van der Waals surface area contributed by atoms with Crippen molar-refractivity contribution in [3.05, 3.63) is 54.1 Å². The van der Waals surface area contributed by atoms with E-state index < -0.39 is 0 Å². The second-order valence-corrected chi connectivity index (χ2v) is 4.40. The largest absolute Gasteiger partial charge is 0.384 e. The molecule has 4 nitrogen and oxygen atoms in total. The van der Waals surface area contributed by atoms with E-state index in [-0.39, 0.29) is 6.04 Å². The third kappa shape index (κ3) is 3.76. The lowest BCUT2D eigenvalue weighted by molar-refractivity contribution is 0.202.